The van der Waals surface area contributed by atoms with Crippen LogP contribution in [-0.2, 0) is 11.3 Å². The standard InChI is InChI=1S/C17H19ClN4O2S/c18-12-6-3-7-13(9-12)20-16(24)17-22-21-15(25-17)10-19-14(23)8-11-4-1-2-5-11/h3,6-7,9,11H,1-2,4-5,8,10H2,(H,19,23)(H,20,24). The average Bonchev–Trinajstić information content (AvgIpc) is 3.24. The van der Waals surface area contributed by atoms with E-state index in [4.69, 9.17) is 11.6 Å². The van der Waals surface area contributed by atoms with E-state index in [9.17, 15) is 9.59 Å². The molecule has 2 N–H and O–H groups in total. The Morgan fingerprint density at radius 1 is 1.24 bits per heavy atom. The number of carbonyl (C=O) groups is 2. The van der Waals surface area contributed by atoms with Gasteiger partial charge in [-0.1, -0.05) is 41.8 Å². The lowest BCUT2D eigenvalue weighted by Crippen LogP contribution is -2.24. The van der Waals surface area contributed by atoms with Crippen molar-refractivity contribution < 1.29 is 9.59 Å². The smallest absolute Gasteiger partial charge is 0.286 e. The molecule has 0 radical (unpaired) electrons. The third-order valence-corrected chi connectivity index (χ3v) is 5.29. The number of nitrogens with zero attached hydrogens (tertiary/aromatic N) is 2. The fourth-order valence-electron chi connectivity index (χ4n) is 2.89. The maximum atomic E-state index is 12.2. The first kappa shape index (κ1) is 17.8. The van der Waals surface area contributed by atoms with Crippen LogP contribution in [0.1, 0.15) is 46.9 Å². The third-order valence-electron chi connectivity index (χ3n) is 4.13. The molecule has 1 aromatic heterocycles. The number of carbonyl (C=O) groups excluding carboxylic acids is 2. The lowest BCUT2D eigenvalue weighted by molar-refractivity contribution is -0.122. The maximum Gasteiger partial charge on any atom is 0.286 e. The summed E-state index contributed by atoms with van der Waals surface area (Å²) in [5, 5.41) is 14.8. The molecule has 2 aromatic rings. The van der Waals surface area contributed by atoms with Gasteiger partial charge in [-0.3, -0.25) is 9.59 Å². The number of hydrogen-bond acceptors (Lipinski definition) is 5. The Kier molecular flexibility index (Phi) is 5.99. The molecule has 25 heavy (non-hydrogen) atoms. The van der Waals surface area contributed by atoms with E-state index >= 15 is 0 Å². The third kappa shape index (κ3) is 5.24. The Labute approximate surface area is 155 Å². The lowest BCUT2D eigenvalue weighted by Gasteiger charge is -2.08. The molecule has 8 heteroatoms. The van der Waals surface area contributed by atoms with Crippen LogP contribution >= 0.6 is 22.9 Å². The monoisotopic (exact) mass is 378 g/mol. The number of hydrogen-bond donors (Lipinski definition) is 2. The van der Waals surface area contributed by atoms with Gasteiger partial charge in [0.2, 0.25) is 10.9 Å². The van der Waals surface area contributed by atoms with Gasteiger partial charge in [-0.05, 0) is 37.0 Å². The summed E-state index contributed by atoms with van der Waals surface area (Å²) in [6.07, 6.45) is 5.29. The van der Waals surface area contributed by atoms with Crippen molar-refractivity contribution >= 4 is 40.4 Å². The van der Waals surface area contributed by atoms with E-state index in [2.05, 4.69) is 20.8 Å². The molecule has 0 bridgehead atoms. The van der Waals surface area contributed by atoms with E-state index in [0.717, 1.165) is 12.8 Å². The maximum absolute atomic E-state index is 12.2. The molecule has 1 aliphatic carbocycles. The van der Waals surface area contributed by atoms with Gasteiger partial charge in [-0.2, -0.15) is 0 Å². The zero-order valence-electron chi connectivity index (χ0n) is 13.6. The van der Waals surface area contributed by atoms with Gasteiger partial charge in [0.15, 0.2) is 0 Å². The highest BCUT2D eigenvalue weighted by atomic mass is 35.5. The number of halogens is 1. The fourth-order valence-corrected chi connectivity index (χ4v) is 3.76. The average molecular weight is 379 g/mol. The molecule has 1 aliphatic rings. The van der Waals surface area contributed by atoms with E-state index in [0.29, 0.717) is 34.6 Å². The Bertz CT molecular complexity index is 759. The molecule has 0 saturated heterocycles. The van der Waals surface area contributed by atoms with Crippen molar-refractivity contribution in [2.24, 2.45) is 5.92 Å². The van der Waals surface area contributed by atoms with Crippen LogP contribution in [0.15, 0.2) is 24.3 Å². The second kappa shape index (κ2) is 8.40. The number of aromatic nitrogens is 2. The van der Waals surface area contributed by atoms with E-state index in [1.54, 1.807) is 24.3 Å². The summed E-state index contributed by atoms with van der Waals surface area (Å²) in [4.78, 5) is 24.1. The van der Waals surface area contributed by atoms with Crippen LogP contribution < -0.4 is 10.6 Å². The molecular weight excluding hydrogens is 360 g/mol. The molecule has 6 nitrogen and oxygen atoms in total. The second-order valence-electron chi connectivity index (χ2n) is 6.10. The Balaban J connectivity index is 1.49. The molecule has 0 unspecified atom stereocenters. The quantitative estimate of drug-likeness (QED) is 0.803. The molecule has 0 aliphatic heterocycles. The number of rotatable bonds is 6. The summed E-state index contributed by atoms with van der Waals surface area (Å²) in [7, 11) is 0. The first-order valence-electron chi connectivity index (χ1n) is 8.26. The normalized spacial score (nSPS) is 14.4. The molecular formula is C17H19ClN4O2S. The van der Waals surface area contributed by atoms with Crippen molar-refractivity contribution in [1.29, 1.82) is 0 Å². The van der Waals surface area contributed by atoms with Crippen molar-refractivity contribution in [3.63, 3.8) is 0 Å². The molecule has 1 aromatic carbocycles. The molecule has 0 atom stereocenters. The summed E-state index contributed by atoms with van der Waals surface area (Å²) >= 11 is 7.06. The highest BCUT2D eigenvalue weighted by Crippen LogP contribution is 2.27. The zero-order chi connectivity index (χ0) is 17.6. The van der Waals surface area contributed by atoms with Crippen molar-refractivity contribution in [3.05, 3.63) is 39.3 Å². The molecule has 0 spiro atoms. The van der Waals surface area contributed by atoms with Crippen molar-refractivity contribution in [2.45, 2.75) is 38.6 Å². The number of anilines is 1. The minimum absolute atomic E-state index is 0.0343. The van der Waals surface area contributed by atoms with Crippen LogP contribution in [0, 0.1) is 5.92 Å². The predicted molar refractivity (Wildman–Crippen MR) is 97.7 cm³/mol. The lowest BCUT2D eigenvalue weighted by atomic mass is 10.0. The molecule has 2 amide bonds. The zero-order valence-corrected chi connectivity index (χ0v) is 15.2. The van der Waals surface area contributed by atoms with Crippen molar-refractivity contribution in [2.75, 3.05) is 5.32 Å². The van der Waals surface area contributed by atoms with Crippen LogP contribution in [0.2, 0.25) is 5.02 Å². The highest BCUT2D eigenvalue weighted by Gasteiger charge is 2.19. The molecule has 1 heterocycles. The van der Waals surface area contributed by atoms with Gasteiger partial charge in [0.1, 0.15) is 5.01 Å². The van der Waals surface area contributed by atoms with E-state index in [-0.39, 0.29) is 16.8 Å². The Hall–Kier alpha value is -1.99. The highest BCUT2D eigenvalue weighted by molar-refractivity contribution is 7.13. The van der Waals surface area contributed by atoms with E-state index in [1.807, 2.05) is 0 Å². The summed E-state index contributed by atoms with van der Waals surface area (Å²) in [5.41, 5.74) is 0.596. The first-order chi connectivity index (χ1) is 12.1. The second-order valence-corrected chi connectivity index (χ2v) is 7.60. The minimum Gasteiger partial charge on any atom is -0.350 e. The predicted octanol–water partition coefficient (Wildman–Crippen LogP) is 3.64. The first-order valence-corrected chi connectivity index (χ1v) is 9.45. The van der Waals surface area contributed by atoms with Gasteiger partial charge >= 0.3 is 0 Å². The molecule has 132 valence electrons. The summed E-state index contributed by atoms with van der Waals surface area (Å²) in [6.45, 7) is 0.299. The van der Waals surface area contributed by atoms with Gasteiger partial charge in [0.05, 0.1) is 6.54 Å². The number of amides is 2. The largest absolute Gasteiger partial charge is 0.350 e. The summed E-state index contributed by atoms with van der Waals surface area (Å²) < 4.78 is 0. The summed E-state index contributed by atoms with van der Waals surface area (Å²) in [5.74, 6) is 0.198. The van der Waals surface area contributed by atoms with Crippen LogP contribution in [-0.4, -0.2) is 22.0 Å². The van der Waals surface area contributed by atoms with Gasteiger partial charge < -0.3 is 10.6 Å². The number of nitrogens with one attached hydrogen (secondary N) is 2. The van der Waals surface area contributed by atoms with Crippen molar-refractivity contribution in [3.8, 4) is 0 Å². The van der Waals surface area contributed by atoms with Gasteiger partial charge in [-0.15, -0.1) is 10.2 Å². The number of benzene rings is 1. The Morgan fingerprint density at radius 3 is 2.80 bits per heavy atom. The Morgan fingerprint density at radius 2 is 2.04 bits per heavy atom. The van der Waals surface area contributed by atoms with Crippen LogP contribution in [0.5, 0.6) is 0 Å². The topological polar surface area (TPSA) is 84.0 Å². The SMILES string of the molecule is O=C(CC1CCCC1)NCc1nnc(C(=O)Nc2cccc(Cl)c2)s1. The molecule has 1 saturated carbocycles. The van der Waals surface area contributed by atoms with Gasteiger partial charge in [0.25, 0.3) is 5.91 Å². The fraction of sp³-hybridized carbons (Fsp3) is 0.412. The molecule has 1 fully saturated rings. The van der Waals surface area contributed by atoms with Crippen molar-refractivity contribution in [1.82, 2.24) is 15.5 Å². The van der Waals surface area contributed by atoms with Crippen LogP contribution in [0.25, 0.3) is 0 Å². The van der Waals surface area contributed by atoms with E-state index in [1.165, 1.54) is 24.2 Å². The summed E-state index contributed by atoms with van der Waals surface area (Å²) in [6, 6.07) is 6.89. The van der Waals surface area contributed by atoms with Gasteiger partial charge in [-0.25, -0.2) is 0 Å². The van der Waals surface area contributed by atoms with Crippen LogP contribution in [0.3, 0.4) is 0 Å². The van der Waals surface area contributed by atoms with Crippen LogP contribution in [0.4, 0.5) is 5.69 Å². The van der Waals surface area contributed by atoms with E-state index < -0.39 is 0 Å². The van der Waals surface area contributed by atoms with Gasteiger partial charge in [0, 0.05) is 17.1 Å². The molecule has 3 rings (SSSR count). The minimum atomic E-state index is -0.344.